The van der Waals surface area contributed by atoms with Crippen LogP contribution in [0.5, 0.6) is 0 Å². The lowest BCUT2D eigenvalue weighted by molar-refractivity contribution is -0.122. The number of likely N-dealkylation sites (N-methyl/N-ethyl adjacent to an activating group) is 1. The van der Waals surface area contributed by atoms with Crippen molar-refractivity contribution in [1.29, 1.82) is 5.26 Å². The van der Waals surface area contributed by atoms with E-state index in [2.05, 4.69) is 15.5 Å². The van der Waals surface area contributed by atoms with Gasteiger partial charge in [0, 0.05) is 19.0 Å². The van der Waals surface area contributed by atoms with E-state index in [0.717, 1.165) is 38.1 Å². The number of aliphatic hydroxyl groups excluding tert-OH is 1. The molecule has 0 spiro atoms. The number of amides is 1. The number of nitriles is 1. The molecule has 2 rings (SSSR count). The van der Waals surface area contributed by atoms with E-state index >= 15 is 0 Å². The van der Waals surface area contributed by atoms with E-state index in [9.17, 15) is 15.2 Å². The number of rotatable bonds is 6. The maximum absolute atomic E-state index is 11.8. The summed E-state index contributed by atoms with van der Waals surface area (Å²) in [4.78, 5) is 13.5. The minimum Gasteiger partial charge on any atom is -0.509 e. The second-order valence-electron chi connectivity index (χ2n) is 6.73. The highest BCUT2D eigenvalue weighted by Gasteiger charge is 2.21. The first kappa shape index (κ1) is 18.9. The van der Waals surface area contributed by atoms with Gasteiger partial charge in [-0.1, -0.05) is 6.42 Å². The molecule has 8 heteroatoms. The molecule has 0 fully saturated rings. The molecule has 0 saturated heterocycles. The number of carbonyl (C=O) groups excluding carboxylic acids is 1. The fraction of sp³-hybridized carbons (Fsp3) is 0.647. The third kappa shape index (κ3) is 5.03. The largest absolute Gasteiger partial charge is 0.509 e. The normalized spacial score (nSPS) is 15.4. The summed E-state index contributed by atoms with van der Waals surface area (Å²) >= 11 is 0. The Morgan fingerprint density at radius 1 is 1.36 bits per heavy atom. The molecular weight excluding hydrogens is 320 g/mol. The van der Waals surface area contributed by atoms with Crippen LogP contribution in [-0.4, -0.2) is 56.9 Å². The Morgan fingerprint density at radius 3 is 2.80 bits per heavy atom. The third-order valence-electron chi connectivity index (χ3n) is 4.02. The molecule has 1 aliphatic heterocycles. The van der Waals surface area contributed by atoms with E-state index in [-0.39, 0.29) is 36.4 Å². The minimum atomic E-state index is -0.125. The molecule has 1 aromatic heterocycles. The van der Waals surface area contributed by atoms with Gasteiger partial charge in [-0.2, -0.15) is 5.26 Å². The highest BCUT2D eigenvalue weighted by molar-refractivity contribution is 5.78. The number of hydrogen-bond acceptors (Lipinski definition) is 6. The molecule has 0 aromatic carbocycles. The predicted octanol–water partition coefficient (Wildman–Crippen LogP) is 1.25. The quantitative estimate of drug-likeness (QED) is 0.593. The van der Waals surface area contributed by atoms with Gasteiger partial charge >= 0.3 is 0 Å². The van der Waals surface area contributed by atoms with Crippen LogP contribution in [-0.2, 0) is 17.8 Å². The first-order valence-corrected chi connectivity index (χ1v) is 8.65. The van der Waals surface area contributed by atoms with Crippen LogP contribution in [0.15, 0.2) is 5.76 Å². The maximum atomic E-state index is 11.8. The van der Waals surface area contributed by atoms with Gasteiger partial charge in [0.05, 0.1) is 13.1 Å². The Kier molecular flexibility index (Phi) is 6.53. The highest BCUT2D eigenvalue weighted by atomic mass is 16.3. The molecule has 8 nitrogen and oxygen atoms in total. The van der Waals surface area contributed by atoms with Crippen LogP contribution < -0.4 is 5.32 Å². The van der Waals surface area contributed by atoms with Gasteiger partial charge in [-0.3, -0.25) is 9.69 Å². The second kappa shape index (κ2) is 8.62. The zero-order valence-electron chi connectivity index (χ0n) is 15.1. The van der Waals surface area contributed by atoms with E-state index in [0.29, 0.717) is 5.82 Å². The van der Waals surface area contributed by atoms with Crippen molar-refractivity contribution in [3.63, 3.8) is 0 Å². The molecule has 25 heavy (non-hydrogen) atoms. The van der Waals surface area contributed by atoms with Gasteiger partial charge < -0.3 is 15.0 Å². The van der Waals surface area contributed by atoms with Gasteiger partial charge in [0.1, 0.15) is 23.2 Å². The van der Waals surface area contributed by atoms with Gasteiger partial charge in [-0.05, 0) is 33.7 Å². The van der Waals surface area contributed by atoms with Gasteiger partial charge in [-0.25, -0.2) is 0 Å². The summed E-state index contributed by atoms with van der Waals surface area (Å²) in [5.74, 6) is 1.05. The lowest BCUT2D eigenvalue weighted by atomic mass is 10.2. The topological polar surface area (TPSA) is 107 Å². The fourth-order valence-corrected chi connectivity index (χ4v) is 2.92. The van der Waals surface area contributed by atoms with E-state index in [1.807, 2.05) is 24.5 Å². The van der Waals surface area contributed by atoms with Crippen molar-refractivity contribution in [1.82, 2.24) is 25.0 Å². The smallest absolute Gasteiger partial charge is 0.234 e. The van der Waals surface area contributed by atoms with Crippen LogP contribution in [0.4, 0.5) is 0 Å². The molecule has 0 aliphatic carbocycles. The lowest BCUT2D eigenvalue weighted by Gasteiger charge is -2.17. The number of aromatic nitrogens is 3. The van der Waals surface area contributed by atoms with Gasteiger partial charge in [0.2, 0.25) is 5.91 Å². The molecule has 0 unspecified atom stereocenters. The molecular formula is C17H26N6O2. The van der Waals surface area contributed by atoms with Crippen molar-refractivity contribution in [2.75, 3.05) is 20.1 Å². The van der Waals surface area contributed by atoms with Crippen LogP contribution in [0.25, 0.3) is 5.57 Å². The second-order valence-corrected chi connectivity index (χ2v) is 6.73. The first-order valence-electron chi connectivity index (χ1n) is 8.65. The summed E-state index contributed by atoms with van der Waals surface area (Å²) in [6, 6.07) is 2.11. The highest BCUT2D eigenvalue weighted by Crippen LogP contribution is 2.21. The SMILES string of the molecule is CC(C)NC(=O)CN(C)C/C(O)=C(\C#N)c1nnc2n1CCCCC2. The molecule has 1 aliphatic rings. The summed E-state index contributed by atoms with van der Waals surface area (Å²) in [7, 11) is 1.72. The number of carbonyl (C=O) groups is 1. The fourth-order valence-electron chi connectivity index (χ4n) is 2.92. The summed E-state index contributed by atoms with van der Waals surface area (Å²) in [5.41, 5.74) is 0.122. The number of aryl methyl sites for hydroxylation is 1. The third-order valence-corrected chi connectivity index (χ3v) is 4.02. The van der Waals surface area contributed by atoms with Crippen LogP contribution in [0.1, 0.15) is 44.8 Å². The van der Waals surface area contributed by atoms with Crippen LogP contribution in [0.2, 0.25) is 0 Å². The van der Waals surface area contributed by atoms with Gasteiger partial charge in [-0.15, -0.1) is 10.2 Å². The Hall–Kier alpha value is -2.40. The van der Waals surface area contributed by atoms with Crippen molar-refractivity contribution in [2.24, 2.45) is 0 Å². The predicted molar refractivity (Wildman–Crippen MR) is 93.5 cm³/mol. The Bertz CT molecular complexity index is 686. The summed E-state index contributed by atoms with van der Waals surface area (Å²) in [6.45, 7) is 4.76. The molecule has 1 aromatic rings. The average molecular weight is 346 g/mol. The van der Waals surface area contributed by atoms with E-state index in [1.165, 1.54) is 0 Å². The number of aliphatic hydroxyl groups is 1. The Labute approximate surface area is 148 Å². The molecule has 2 N–H and O–H groups in total. The molecule has 0 bridgehead atoms. The standard InChI is InChI=1S/C17H26N6O2/c1-12(2)19-16(25)11-22(3)10-14(24)13(9-18)17-21-20-15-7-5-4-6-8-23(15)17/h12,24H,4-8,10-11H2,1-3H3,(H,19,25)/b14-13-. The Balaban J connectivity index is 2.14. The van der Waals surface area contributed by atoms with Crippen molar-refractivity contribution in [3.05, 3.63) is 17.4 Å². The lowest BCUT2D eigenvalue weighted by Crippen LogP contribution is -2.39. The molecule has 1 amide bonds. The zero-order valence-corrected chi connectivity index (χ0v) is 15.1. The minimum absolute atomic E-state index is 0.0613. The molecule has 0 atom stereocenters. The summed E-state index contributed by atoms with van der Waals surface area (Å²) in [6.07, 6.45) is 4.02. The monoisotopic (exact) mass is 346 g/mol. The van der Waals surface area contributed by atoms with E-state index in [1.54, 1.807) is 11.9 Å². The average Bonchev–Trinajstić information content (AvgIpc) is 2.76. The van der Waals surface area contributed by atoms with Gasteiger partial charge in [0.25, 0.3) is 0 Å². The van der Waals surface area contributed by atoms with Crippen LogP contribution >= 0.6 is 0 Å². The number of nitrogens with zero attached hydrogens (tertiary/aromatic N) is 5. The summed E-state index contributed by atoms with van der Waals surface area (Å²) in [5, 5.41) is 31.0. The number of fused-ring (bicyclic) bond motifs is 1. The number of nitrogens with one attached hydrogen (secondary N) is 1. The maximum Gasteiger partial charge on any atom is 0.234 e. The van der Waals surface area contributed by atoms with Crippen molar-refractivity contribution in [2.45, 2.75) is 52.1 Å². The van der Waals surface area contributed by atoms with E-state index in [4.69, 9.17) is 0 Å². The van der Waals surface area contributed by atoms with Gasteiger partial charge in [0.15, 0.2) is 5.82 Å². The summed E-state index contributed by atoms with van der Waals surface area (Å²) < 4.78 is 1.92. The number of allylic oxidation sites excluding steroid dienone is 1. The zero-order chi connectivity index (χ0) is 18.4. The Morgan fingerprint density at radius 2 is 2.12 bits per heavy atom. The van der Waals surface area contributed by atoms with E-state index < -0.39 is 0 Å². The van der Waals surface area contributed by atoms with Crippen molar-refractivity contribution in [3.8, 4) is 6.07 Å². The molecule has 2 heterocycles. The van der Waals surface area contributed by atoms with Crippen molar-refractivity contribution < 1.29 is 9.90 Å². The molecule has 0 saturated carbocycles. The first-order chi connectivity index (χ1) is 11.9. The molecule has 0 radical (unpaired) electrons. The van der Waals surface area contributed by atoms with Crippen LogP contribution in [0.3, 0.4) is 0 Å². The van der Waals surface area contributed by atoms with Crippen LogP contribution in [0, 0.1) is 11.3 Å². The molecule has 136 valence electrons. The van der Waals surface area contributed by atoms with Crippen molar-refractivity contribution >= 4 is 11.5 Å². The number of hydrogen-bond donors (Lipinski definition) is 2.